The summed E-state index contributed by atoms with van der Waals surface area (Å²) in [5, 5.41) is 0. The van der Waals surface area contributed by atoms with Crippen LogP contribution in [0.1, 0.15) is 0 Å². The number of rotatable bonds is 1. The molecule has 0 saturated heterocycles. The third-order valence-electron chi connectivity index (χ3n) is 2.81. The maximum Gasteiger partial charge on any atom is 0.271 e. The van der Waals surface area contributed by atoms with Gasteiger partial charge in [0.15, 0.2) is 11.5 Å². The number of nitrogen functional groups attached to an aromatic ring is 1. The van der Waals surface area contributed by atoms with Crippen LogP contribution in [0.25, 0.3) is 11.1 Å². The highest BCUT2D eigenvalue weighted by atomic mass is 16.6. The van der Waals surface area contributed by atoms with Gasteiger partial charge in [-0.15, -0.1) is 0 Å². The number of hydrogen-bond acceptors (Lipinski definition) is 4. The number of aromatic amines is 1. The van der Waals surface area contributed by atoms with E-state index in [9.17, 15) is 4.79 Å². The Morgan fingerprint density at radius 3 is 2.61 bits per heavy atom. The molecule has 0 atom stereocenters. The molecule has 1 aromatic heterocycles. The summed E-state index contributed by atoms with van der Waals surface area (Å²) in [7, 11) is 0. The minimum atomic E-state index is -0.281. The number of nitrogens with one attached hydrogen (secondary N) is 1. The first-order valence-electron chi connectivity index (χ1n) is 5.62. The maximum absolute atomic E-state index is 11.2. The van der Waals surface area contributed by atoms with Crippen molar-refractivity contribution in [2.75, 3.05) is 18.9 Å². The SMILES string of the molecule is Nc1cc(-c2ccc3c(c2)OCCO3)c[nH]c1=O. The van der Waals surface area contributed by atoms with Gasteiger partial charge in [0.1, 0.15) is 13.2 Å². The van der Waals surface area contributed by atoms with Crippen molar-refractivity contribution in [2.24, 2.45) is 0 Å². The number of pyridine rings is 1. The highest BCUT2D eigenvalue weighted by molar-refractivity contribution is 5.69. The molecule has 5 heteroatoms. The molecular weight excluding hydrogens is 232 g/mol. The Balaban J connectivity index is 2.06. The lowest BCUT2D eigenvalue weighted by molar-refractivity contribution is 0.171. The predicted molar refractivity (Wildman–Crippen MR) is 67.9 cm³/mol. The van der Waals surface area contributed by atoms with Crippen molar-refractivity contribution in [2.45, 2.75) is 0 Å². The average Bonchev–Trinajstić information content (AvgIpc) is 2.41. The van der Waals surface area contributed by atoms with Crippen LogP contribution in [0.15, 0.2) is 35.3 Å². The normalized spacial score (nSPS) is 13.3. The van der Waals surface area contributed by atoms with Crippen molar-refractivity contribution < 1.29 is 9.47 Å². The average molecular weight is 244 g/mol. The van der Waals surface area contributed by atoms with Gasteiger partial charge in [0.2, 0.25) is 0 Å². The van der Waals surface area contributed by atoms with Crippen LogP contribution in [0.2, 0.25) is 0 Å². The summed E-state index contributed by atoms with van der Waals surface area (Å²) in [5.74, 6) is 1.45. The van der Waals surface area contributed by atoms with E-state index in [0.29, 0.717) is 19.0 Å². The van der Waals surface area contributed by atoms with Crippen molar-refractivity contribution in [3.8, 4) is 22.6 Å². The second kappa shape index (κ2) is 4.10. The molecule has 2 aromatic rings. The molecule has 0 amide bonds. The van der Waals surface area contributed by atoms with Gasteiger partial charge in [-0.05, 0) is 23.8 Å². The van der Waals surface area contributed by atoms with Crippen molar-refractivity contribution in [1.29, 1.82) is 0 Å². The number of fused-ring (bicyclic) bond motifs is 1. The van der Waals surface area contributed by atoms with Gasteiger partial charge in [-0.25, -0.2) is 0 Å². The van der Waals surface area contributed by atoms with E-state index >= 15 is 0 Å². The number of ether oxygens (including phenoxy) is 2. The number of benzene rings is 1. The van der Waals surface area contributed by atoms with Gasteiger partial charge >= 0.3 is 0 Å². The second-order valence-corrected chi connectivity index (χ2v) is 4.03. The molecular formula is C13H12N2O3. The Labute approximate surface area is 103 Å². The number of aromatic nitrogens is 1. The minimum Gasteiger partial charge on any atom is -0.486 e. The topological polar surface area (TPSA) is 77.3 Å². The Morgan fingerprint density at radius 1 is 1.06 bits per heavy atom. The molecule has 18 heavy (non-hydrogen) atoms. The summed E-state index contributed by atoms with van der Waals surface area (Å²) in [5.41, 5.74) is 7.27. The molecule has 0 aliphatic carbocycles. The fourth-order valence-corrected chi connectivity index (χ4v) is 1.89. The lowest BCUT2D eigenvalue weighted by Gasteiger charge is -2.18. The maximum atomic E-state index is 11.2. The Morgan fingerprint density at radius 2 is 1.83 bits per heavy atom. The third-order valence-corrected chi connectivity index (χ3v) is 2.81. The first-order valence-corrected chi connectivity index (χ1v) is 5.62. The summed E-state index contributed by atoms with van der Waals surface area (Å²) >= 11 is 0. The number of hydrogen-bond donors (Lipinski definition) is 2. The molecule has 0 unspecified atom stereocenters. The van der Waals surface area contributed by atoms with Crippen LogP contribution in [-0.4, -0.2) is 18.2 Å². The fraction of sp³-hybridized carbons (Fsp3) is 0.154. The quantitative estimate of drug-likeness (QED) is 0.794. The second-order valence-electron chi connectivity index (χ2n) is 4.03. The summed E-state index contributed by atoms with van der Waals surface area (Å²) in [6.07, 6.45) is 1.63. The van der Waals surface area contributed by atoms with Gasteiger partial charge in [-0.3, -0.25) is 4.79 Å². The minimum absolute atomic E-state index is 0.197. The van der Waals surface area contributed by atoms with Crippen molar-refractivity contribution in [3.05, 3.63) is 40.8 Å². The standard InChI is InChI=1S/C13H12N2O3/c14-10-5-9(7-15-13(10)16)8-1-2-11-12(6-8)18-4-3-17-11/h1-2,5-7H,3-4,14H2,(H,15,16). The van der Waals surface area contributed by atoms with Crippen molar-refractivity contribution in [1.82, 2.24) is 4.98 Å². The number of H-pyrrole nitrogens is 1. The van der Waals surface area contributed by atoms with Gasteiger partial charge in [-0.2, -0.15) is 0 Å². The van der Waals surface area contributed by atoms with E-state index in [4.69, 9.17) is 15.2 Å². The van der Waals surface area contributed by atoms with Crippen LogP contribution in [0.5, 0.6) is 11.5 Å². The first-order chi connectivity index (χ1) is 8.74. The van der Waals surface area contributed by atoms with Crippen LogP contribution in [-0.2, 0) is 0 Å². The van der Waals surface area contributed by atoms with Crippen molar-refractivity contribution >= 4 is 5.69 Å². The first kappa shape index (κ1) is 10.7. The van der Waals surface area contributed by atoms with Gasteiger partial charge in [0.05, 0.1) is 5.69 Å². The van der Waals surface area contributed by atoms with E-state index in [-0.39, 0.29) is 11.2 Å². The third kappa shape index (κ3) is 1.79. The molecule has 0 fully saturated rings. The van der Waals surface area contributed by atoms with E-state index in [2.05, 4.69) is 4.98 Å². The number of nitrogens with two attached hydrogens (primary N) is 1. The van der Waals surface area contributed by atoms with Crippen LogP contribution < -0.4 is 20.8 Å². The van der Waals surface area contributed by atoms with E-state index < -0.39 is 0 Å². The Kier molecular flexibility index (Phi) is 2.44. The molecule has 1 aliphatic rings. The van der Waals surface area contributed by atoms with Gasteiger partial charge in [-0.1, -0.05) is 6.07 Å². The Bertz CT molecular complexity index is 649. The molecule has 5 nitrogen and oxygen atoms in total. The van der Waals surface area contributed by atoms with E-state index in [1.807, 2.05) is 18.2 Å². The Hall–Kier alpha value is -2.43. The summed E-state index contributed by atoms with van der Waals surface area (Å²) < 4.78 is 11.0. The molecule has 0 bridgehead atoms. The van der Waals surface area contributed by atoms with Crippen LogP contribution in [0.4, 0.5) is 5.69 Å². The molecule has 3 rings (SSSR count). The number of anilines is 1. The van der Waals surface area contributed by atoms with Crippen LogP contribution in [0, 0.1) is 0 Å². The smallest absolute Gasteiger partial charge is 0.271 e. The fourth-order valence-electron chi connectivity index (χ4n) is 1.89. The molecule has 0 saturated carbocycles. The van der Waals surface area contributed by atoms with Gasteiger partial charge < -0.3 is 20.2 Å². The van der Waals surface area contributed by atoms with E-state index in [0.717, 1.165) is 16.9 Å². The molecule has 1 aliphatic heterocycles. The zero-order valence-electron chi connectivity index (χ0n) is 9.60. The molecule has 0 radical (unpaired) electrons. The molecule has 1 aromatic carbocycles. The van der Waals surface area contributed by atoms with Crippen molar-refractivity contribution in [3.63, 3.8) is 0 Å². The van der Waals surface area contributed by atoms with E-state index in [1.54, 1.807) is 12.3 Å². The largest absolute Gasteiger partial charge is 0.486 e. The lowest BCUT2D eigenvalue weighted by atomic mass is 10.1. The van der Waals surface area contributed by atoms with Gasteiger partial charge in [0, 0.05) is 11.8 Å². The van der Waals surface area contributed by atoms with Crippen LogP contribution in [0.3, 0.4) is 0 Å². The summed E-state index contributed by atoms with van der Waals surface area (Å²) in [4.78, 5) is 13.8. The zero-order chi connectivity index (χ0) is 12.5. The zero-order valence-corrected chi connectivity index (χ0v) is 9.60. The van der Waals surface area contributed by atoms with Crippen LogP contribution >= 0.6 is 0 Å². The van der Waals surface area contributed by atoms with E-state index in [1.165, 1.54) is 0 Å². The summed E-state index contributed by atoms with van der Waals surface area (Å²) in [6, 6.07) is 7.28. The highest BCUT2D eigenvalue weighted by Gasteiger charge is 2.12. The summed E-state index contributed by atoms with van der Waals surface area (Å²) in [6.45, 7) is 1.11. The van der Waals surface area contributed by atoms with Gasteiger partial charge in [0.25, 0.3) is 5.56 Å². The predicted octanol–water partition coefficient (Wildman–Crippen LogP) is 1.40. The lowest BCUT2D eigenvalue weighted by Crippen LogP contribution is -2.15. The monoisotopic (exact) mass is 244 g/mol. The molecule has 3 N–H and O–H groups in total. The highest BCUT2D eigenvalue weighted by Crippen LogP contribution is 2.34. The molecule has 2 heterocycles. The molecule has 92 valence electrons. The molecule has 0 spiro atoms.